The number of cyclic esters (lactones) is 1. The molecule has 3 aromatic carbocycles. The smallest absolute Gasteiger partial charge is 0.411 e. The van der Waals surface area contributed by atoms with Gasteiger partial charge < -0.3 is 19.6 Å². The molecule has 1 aliphatic heterocycles. The van der Waals surface area contributed by atoms with Gasteiger partial charge in [-0.25, -0.2) is 18.0 Å². The van der Waals surface area contributed by atoms with E-state index < -0.39 is 35.2 Å². The van der Waals surface area contributed by atoms with Crippen LogP contribution in [0.3, 0.4) is 0 Å². The number of carbonyl (C=O) groups is 1. The molecule has 0 bridgehead atoms. The molecule has 0 aliphatic carbocycles. The van der Waals surface area contributed by atoms with Gasteiger partial charge in [-0.2, -0.15) is 0 Å². The monoisotopic (exact) mass is 512 g/mol. The quantitative estimate of drug-likeness (QED) is 0.410. The minimum atomic E-state index is -1.08. The van der Waals surface area contributed by atoms with E-state index in [2.05, 4.69) is 0 Å². The fourth-order valence-corrected chi connectivity index (χ4v) is 4.95. The summed E-state index contributed by atoms with van der Waals surface area (Å²) in [5.41, 5.74) is 1.27. The van der Waals surface area contributed by atoms with E-state index in [0.29, 0.717) is 36.2 Å². The van der Waals surface area contributed by atoms with E-state index in [-0.39, 0.29) is 12.5 Å². The van der Waals surface area contributed by atoms with Crippen molar-refractivity contribution in [3.8, 4) is 11.1 Å². The normalized spacial score (nSPS) is 19.6. The first-order chi connectivity index (χ1) is 17.6. The SMILES string of the molecule is CC(c1ccc(-c2ccc(F)cc2F)cc1)N1CCC(CC(O)CN(C)C)(c2ccc(F)cc2)OC1=O. The lowest BCUT2D eigenvalue weighted by Gasteiger charge is -2.44. The molecule has 1 N–H and O–H groups in total. The molecular weight excluding hydrogens is 481 g/mol. The summed E-state index contributed by atoms with van der Waals surface area (Å²) in [6.07, 6.45) is -0.689. The summed E-state index contributed by atoms with van der Waals surface area (Å²) in [6, 6.07) is 16.0. The first-order valence-electron chi connectivity index (χ1n) is 12.2. The summed E-state index contributed by atoms with van der Waals surface area (Å²) in [6.45, 7) is 2.63. The average molecular weight is 513 g/mol. The fraction of sp³-hybridized carbons (Fsp3) is 0.345. The lowest BCUT2D eigenvalue weighted by molar-refractivity contribution is -0.0856. The van der Waals surface area contributed by atoms with Gasteiger partial charge in [-0.1, -0.05) is 36.4 Å². The Labute approximate surface area is 215 Å². The van der Waals surface area contributed by atoms with Crippen LogP contribution in [0.2, 0.25) is 0 Å². The van der Waals surface area contributed by atoms with Crippen LogP contribution in [0.1, 0.15) is 36.9 Å². The molecule has 3 aromatic rings. The second-order valence-electron chi connectivity index (χ2n) is 9.85. The number of halogens is 3. The average Bonchev–Trinajstić information content (AvgIpc) is 2.84. The highest BCUT2D eigenvalue weighted by Crippen LogP contribution is 2.41. The maximum absolute atomic E-state index is 14.2. The van der Waals surface area contributed by atoms with Crippen LogP contribution in [0.4, 0.5) is 18.0 Å². The molecule has 0 aromatic heterocycles. The maximum Gasteiger partial charge on any atom is 0.411 e. The first kappa shape index (κ1) is 26.7. The third-order valence-electron chi connectivity index (χ3n) is 6.89. The van der Waals surface area contributed by atoms with E-state index in [0.717, 1.165) is 11.6 Å². The number of aliphatic hydroxyl groups excluding tert-OH is 1. The minimum Gasteiger partial charge on any atom is -0.438 e. The van der Waals surface area contributed by atoms with Crippen LogP contribution in [0.5, 0.6) is 0 Å². The molecule has 5 nitrogen and oxygen atoms in total. The van der Waals surface area contributed by atoms with Gasteiger partial charge in [0.25, 0.3) is 0 Å². The predicted octanol–water partition coefficient (Wildman–Crippen LogP) is 5.88. The zero-order chi connectivity index (χ0) is 26.7. The van der Waals surface area contributed by atoms with E-state index in [9.17, 15) is 23.1 Å². The van der Waals surface area contributed by atoms with E-state index in [4.69, 9.17) is 4.74 Å². The van der Waals surface area contributed by atoms with Crippen LogP contribution >= 0.6 is 0 Å². The summed E-state index contributed by atoms with van der Waals surface area (Å²) in [7, 11) is 3.69. The van der Waals surface area contributed by atoms with Gasteiger partial charge in [0.15, 0.2) is 0 Å². The molecule has 1 amide bonds. The molecule has 1 heterocycles. The van der Waals surface area contributed by atoms with Crippen LogP contribution in [-0.4, -0.2) is 54.3 Å². The van der Waals surface area contributed by atoms with Gasteiger partial charge in [0, 0.05) is 37.6 Å². The van der Waals surface area contributed by atoms with Gasteiger partial charge in [0.05, 0.1) is 12.1 Å². The number of hydrogen-bond acceptors (Lipinski definition) is 4. The van der Waals surface area contributed by atoms with Crippen molar-refractivity contribution in [1.29, 1.82) is 0 Å². The maximum atomic E-state index is 14.2. The molecule has 0 saturated carbocycles. The van der Waals surface area contributed by atoms with Crippen LogP contribution < -0.4 is 0 Å². The summed E-state index contributed by atoms with van der Waals surface area (Å²) in [4.78, 5) is 16.7. The third kappa shape index (κ3) is 5.97. The number of ether oxygens (including phenoxy) is 1. The Bertz CT molecular complexity index is 1230. The summed E-state index contributed by atoms with van der Waals surface area (Å²) < 4.78 is 47.1. The molecule has 0 spiro atoms. The van der Waals surface area contributed by atoms with Crippen molar-refractivity contribution in [3.05, 3.63) is 95.3 Å². The van der Waals surface area contributed by atoms with Gasteiger partial charge in [-0.3, -0.25) is 0 Å². The number of amides is 1. The van der Waals surface area contributed by atoms with Crippen molar-refractivity contribution in [1.82, 2.24) is 9.80 Å². The molecular formula is C29H31F3N2O3. The standard InChI is InChI=1S/C29H31F3N2O3/c1-19(20-4-6-21(7-5-20)26-13-12-24(31)16-27(26)32)34-15-14-29(37-28(34)36,17-25(35)18-33(2)3)22-8-10-23(30)11-9-22/h4-13,16,19,25,35H,14-15,17-18H2,1-3H3. The zero-order valence-electron chi connectivity index (χ0n) is 21.1. The van der Waals surface area contributed by atoms with Crippen molar-refractivity contribution in [3.63, 3.8) is 0 Å². The lowest BCUT2D eigenvalue weighted by Crippen LogP contribution is -2.50. The molecule has 1 saturated heterocycles. The van der Waals surface area contributed by atoms with Crippen LogP contribution in [-0.2, 0) is 10.3 Å². The van der Waals surface area contributed by atoms with Crippen molar-refractivity contribution in [2.75, 3.05) is 27.2 Å². The van der Waals surface area contributed by atoms with Crippen molar-refractivity contribution in [2.24, 2.45) is 0 Å². The molecule has 3 atom stereocenters. The van der Waals surface area contributed by atoms with E-state index >= 15 is 0 Å². The summed E-state index contributed by atoms with van der Waals surface area (Å²) in [5.74, 6) is -1.68. The van der Waals surface area contributed by atoms with Gasteiger partial charge in [0.1, 0.15) is 23.1 Å². The van der Waals surface area contributed by atoms with Crippen molar-refractivity contribution >= 4 is 6.09 Å². The van der Waals surface area contributed by atoms with E-state index in [1.54, 1.807) is 41.3 Å². The van der Waals surface area contributed by atoms with E-state index in [1.165, 1.54) is 24.3 Å². The number of rotatable bonds is 8. The number of nitrogens with zero attached hydrogens (tertiary/aromatic N) is 2. The first-order valence-corrected chi connectivity index (χ1v) is 12.2. The zero-order valence-corrected chi connectivity index (χ0v) is 21.1. The largest absolute Gasteiger partial charge is 0.438 e. The van der Waals surface area contributed by atoms with Crippen molar-refractivity contribution in [2.45, 2.75) is 37.5 Å². The van der Waals surface area contributed by atoms with Gasteiger partial charge in [-0.05, 0) is 62.0 Å². The molecule has 0 radical (unpaired) electrons. The Morgan fingerprint density at radius 1 is 1.00 bits per heavy atom. The second kappa shape index (κ2) is 10.9. The highest BCUT2D eigenvalue weighted by Gasteiger charge is 2.44. The second-order valence-corrected chi connectivity index (χ2v) is 9.85. The lowest BCUT2D eigenvalue weighted by atomic mass is 9.83. The number of aliphatic hydroxyl groups is 1. The highest BCUT2D eigenvalue weighted by atomic mass is 19.1. The Balaban J connectivity index is 1.53. The summed E-state index contributed by atoms with van der Waals surface area (Å²) in [5, 5.41) is 10.7. The topological polar surface area (TPSA) is 53.0 Å². The van der Waals surface area contributed by atoms with Crippen LogP contribution in [0.25, 0.3) is 11.1 Å². The summed E-state index contributed by atoms with van der Waals surface area (Å²) >= 11 is 0. The Hall–Kier alpha value is -3.36. The molecule has 8 heteroatoms. The predicted molar refractivity (Wildman–Crippen MR) is 135 cm³/mol. The number of benzene rings is 3. The van der Waals surface area contributed by atoms with Gasteiger partial charge in [-0.15, -0.1) is 0 Å². The Morgan fingerprint density at radius 3 is 2.24 bits per heavy atom. The molecule has 1 aliphatic rings. The number of carbonyl (C=O) groups excluding carboxylic acids is 1. The number of hydrogen-bond donors (Lipinski definition) is 1. The molecule has 1 fully saturated rings. The highest BCUT2D eigenvalue weighted by molar-refractivity contribution is 5.70. The number of likely N-dealkylation sites (N-methyl/N-ethyl adjacent to an activating group) is 1. The minimum absolute atomic E-state index is 0.183. The molecule has 4 rings (SSSR count). The van der Waals surface area contributed by atoms with E-state index in [1.807, 2.05) is 25.9 Å². The molecule has 3 unspecified atom stereocenters. The van der Waals surface area contributed by atoms with Crippen LogP contribution in [0, 0.1) is 17.5 Å². The Kier molecular flexibility index (Phi) is 7.90. The molecule has 37 heavy (non-hydrogen) atoms. The van der Waals surface area contributed by atoms with Crippen molar-refractivity contribution < 1.29 is 27.8 Å². The molecule has 196 valence electrons. The third-order valence-corrected chi connectivity index (χ3v) is 6.89. The van der Waals surface area contributed by atoms with Gasteiger partial charge in [0.2, 0.25) is 0 Å². The Morgan fingerprint density at radius 2 is 1.65 bits per heavy atom. The fourth-order valence-electron chi connectivity index (χ4n) is 4.95. The van der Waals surface area contributed by atoms with Gasteiger partial charge >= 0.3 is 6.09 Å². The van der Waals surface area contributed by atoms with Crippen LogP contribution in [0.15, 0.2) is 66.7 Å².